The Kier molecular flexibility index (Phi) is 4.07. The zero-order chi connectivity index (χ0) is 14.2. The number of carbonyl (C=O) groups is 1. The Morgan fingerprint density at radius 1 is 1.25 bits per heavy atom. The zero-order valence-corrected chi connectivity index (χ0v) is 13.2. The molecule has 0 aromatic carbocycles. The van der Waals surface area contributed by atoms with Gasteiger partial charge in [0.2, 0.25) is 5.91 Å². The fraction of sp³-hybridized carbons (Fsp3) is 0.941. The molecule has 114 valence electrons. The third kappa shape index (κ3) is 2.49. The summed E-state index contributed by atoms with van der Waals surface area (Å²) in [6, 6.07) is 0. The van der Waals surface area contributed by atoms with E-state index in [-0.39, 0.29) is 5.41 Å². The Hall–Kier alpha value is -0.570. The van der Waals surface area contributed by atoms with Crippen LogP contribution in [0.3, 0.4) is 0 Å². The molecular weight excluding hydrogens is 248 g/mol. The van der Waals surface area contributed by atoms with Crippen molar-refractivity contribution in [3.8, 4) is 0 Å². The van der Waals surface area contributed by atoms with Gasteiger partial charge < -0.3 is 10.2 Å². The number of piperidine rings is 1. The Labute approximate surface area is 123 Å². The number of nitrogens with one attached hydrogen (secondary N) is 1. The lowest BCUT2D eigenvalue weighted by Crippen LogP contribution is -2.49. The molecule has 1 saturated heterocycles. The van der Waals surface area contributed by atoms with E-state index in [2.05, 4.69) is 17.1 Å². The molecule has 3 unspecified atom stereocenters. The molecule has 0 aromatic rings. The summed E-state index contributed by atoms with van der Waals surface area (Å²) in [5.41, 5.74) is -0.0718. The lowest BCUT2D eigenvalue weighted by Gasteiger charge is -2.39. The molecule has 3 nitrogen and oxygen atoms in total. The third-order valence-electron chi connectivity index (χ3n) is 6.43. The molecule has 0 aromatic heterocycles. The molecule has 20 heavy (non-hydrogen) atoms. The first kappa shape index (κ1) is 14.4. The molecule has 3 heteroatoms. The molecule has 3 rings (SSSR count). The molecule has 1 aliphatic heterocycles. The number of carbonyl (C=O) groups excluding carboxylic acids is 1. The number of nitrogens with zero attached hydrogens (tertiary/aromatic N) is 1. The van der Waals surface area contributed by atoms with E-state index in [1.165, 1.54) is 25.7 Å². The van der Waals surface area contributed by atoms with Gasteiger partial charge in [0.15, 0.2) is 0 Å². The Balaban J connectivity index is 1.61. The SMILES string of the molecule is CCC1(C(=O)N(C)CC2CC3CCC2C3)CCNCC1. The Morgan fingerprint density at radius 2 is 2.00 bits per heavy atom. The van der Waals surface area contributed by atoms with E-state index in [1.54, 1.807) is 0 Å². The highest BCUT2D eigenvalue weighted by atomic mass is 16.2. The van der Waals surface area contributed by atoms with Crippen LogP contribution in [0.2, 0.25) is 0 Å². The van der Waals surface area contributed by atoms with Gasteiger partial charge in [-0.3, -0.25) is 4.79 Å². The van der Waals surface area contributed by atoms with Crippen molar-refractivity contribution in [2.24, 2.45) is 23.2 Å². The molecule has 2 bridgehead atoms. The van der Waals surface area contributed by atoms with Crippen LogP contribution in [0, 0.1) is 23.2 Å². The summed E-state index contributed by atoms with van der Waals surface area (Å²) in [6.45, 7) is 5.20. The maximum absolute atomic E-state index is 12.9. The van der Waals surface area contributed by atoms with Gasteiger partial charge in [0, 0.05) is 13.6 Å². The summed E-state index contributed by atoms with van der Waals surface area (Å²) in [7, 11) is 2.05. The molecule has 1 N–H and O–H groups in total. The van der Waals surface area contributed by atoms with Crippen LogP contribution in [-0.2, 0) is 4.79 Å². The number of rotatable bonds is 4. The van der Waals surface area contributed by atoms with E-state index in [0.29, 0.717) is 5.91 Å². The van der Waals surface area contributed by atoms with Crippen molar-refractivity contribution in [1.29, 1.82) is 0 Å². The van der Waals surface area contributed by atoms with Gasteiger partial charge in [-0.15, -0.1) is 0 Å². The van der Waals surface area contributed by atoms with E-state index in [4.69, 9.17) is 0 Å². The van der Waals surface area contributed by atoms with Gasteiger partial charge in [-0.1, -0.05) is 13.3 Å². The van der Waals surface area contributed by atoms with Crippen molar-refractivity contribution in [2.75, 3.05) is 26.7 Å². The van der Waals surface area contributed by atoms with Gasteiger partial charge in [-0.05, 0) is 69.4 Å². The minimum atomic E-state index is -0.0718. The van der Waals surface area contributed by atoms with Crippen molar-refractivity contribution in [3.05, 3.63) is 0 Å². The highest BCUT2D eigenvalue weighted by Crippen LogP contribution is 2.48. The van der Waals surface area contributed by atoms with Crippen LogP contribution in [0.4, 0.5) is 0 Å². The van der Waals surface area contributed by atoms with Crippen molar-refractivity contribution in [1.82, 2.24) is 10.2 Å². The monoisotopic (exact) mass is 278 g/mol. The standard InChI is InChI=1S/C17H30N2O/c1-3-17(6-8-18-9-7-17)16(20)19(2)12-15-11-13-4-5-14(15)10-13/h13-15,18H,3-12H2,1-2H3. The van der Waals surface area contributed by atoms with Crippen molar-refractivity contribution < 1.29 is 4.79 Å². The van der Waals surface area contributed by atoms with Gasteiger partial charge in [0.25, 0.3) is 0 Å². The second-order valence-electron chi connectivity index (χ2n) is 7.50. The van der Waals surface area contributed by atoms with Gasteiger partial charge in [0.1, 0.15) is 0 Å². The van der Waals surface area contributed by atoms with Crippen LogP contribution in [-0.4, -0.2) is 37.5 Å². The van der Waals surface area contributed by atoms with E-state index >= 15 is 0 Å². The summed E-state index contributed by atoms with van der Waals surface area (Å²) in [4.78, 5) is 15.0. The van der Waals surface area contributed by atoms with Gasteiger partial charge in [-0.2, -0.15) is 0 Å². The molecule has 2 saturated carbocycles. The van der Waals surface area contributed by atoms with Crippen LogP contribution < -0.4 is 5.32 Å². The minimum absolute atomic E-state index is 0.0718. The van der Waals surface area contributed by atoms with E-state index < -0.39 is 0 Å². The molecule has 0 radical (unpaired) electrons. The van der Waals surface area contributed by atoms with Crippen molar-refractivity contribution in [2.45, 2.75) is 51.9 Å². The Morgan fingerprint density at radius 3 is 2.55 bits per heavy atom. The van der Waals surface area contributed by atoms with Crippen LogP contribution in [0.25, 0.3) is 0 Å². The molecule has 3 aliphatic rings. The summed E-state index contributed by atoms with van der Waals surface area (Å²) in [5.74, 6) is 3.11. The topological polar surface area (TPSA) is 32.3 Å². The van der Waals surface area contributed by atoms with Gasteiger partial charge in [0.05, 0.1) is 5.41 Å². The highest BCUT2D eigenvalue weighted by Gasteiger charge is 2.43. The smallest absolute Gasteiger partial charge is 0.228 e. The first-order valence-electron chi connectivity index (χ1n) is 8.61. The lowest BCUT2D eigenvalue weighted by molar-refractivity contribution is -0.143. The van der Waals surface area contributed by atoms with E-state index in [0.717, 1.165) is 56.7 Å². The minimum Gasteiger partial charge on any atom is -0.345 e. The average molecular weight is 278 g/mol. The fourth-order valence-electron chi connectivity index (χ4n) is 5.06. The fourth-order valence-corrected chi connectivity index (χ4v) is 5.06. The largest absolute Gasteiger partial charge is 0.345 e. The van der Waals surface area contributed by atoms with Gasteiger partial charge >= 0.3 is 0 Å². The quantitative estimate of drug-likeness (QED) is 0.857. The number of fused-ring (bicyclic) bond motifs is 2. The molecule has 2 aliphatic carbocycles. The molecule has 1 heterocycles. The third-order valence-corrected chi connectivity index (χ3v) is 6.43. The number of hydrogen-bond donors (Lipinski definition) is 1. The predicted molar refractivity (Wildman–Crippen MR) is 81.4 cm³/mol. The second kappa shape index (κ2) is 5.67. The maximum atomic E-state index is 12.9. The van der Waals surface area contributed by atoms with Crippen LogP contribution in [0.5, 0.6) is 0 Å². The zero-order valence-electron chi connectivity index (χ0n) is 13.2. The Bertz CT molecular complexity index is 362. The highest BCUT2D eigenvalue weighted by molar-refractivity contribution is 5.82. The summed E-state index contributed by atoms with van der Waals surface area (Å²) in [6.07, 6.45) is 8.71. The molecule has 3 atom stereocenters. The predicted octanol–water partition coefficient (Wildman–Crippen LogP) is 2.66. The van der Waals surface area contributed by atoms with Gasteiger partial charge in [-0.25, -0.2) is 0 Å². The molecule has 1 amide bonds. The first-order chi connectivity index (χ1) is 9.64. The van der Waals surface area contributed by atoms with E-state index in [9.17, 15) is 4.79 Å². The first-order valence-corrected chi connectivity index (χ1v) is 8.61. The lowest BCUT2D eigenvalue weighted by atomic mass is 9.75. The van der Waals surface area contributed by atoms with Crippen molar-refractivity contribution >= 4 is 5.91 Å². The maximum Gasteiger partial charge on any atom is 0.228 e. The number of amides is 1. The average Bonchev–Trinajstić information content (AvgIpc) is 3.09. The summed E-state index contributed by atoms with van der Waals surface area (Å²) < 4.78 is 0. The normalized spacial score (nSPS) is 35.2. The van der Waals surface area contributed by atoms with Crippen LogP contribution in [0.15, 0.2) is 0 Å². The number of hydrogen-bond acceptors (Lipinski definition) is 2. The summed E-state index contributed by atoms with van der Waals surface area (Å²) in [5, 5.41) is 3.39. The molecule has 0 spiro atoms. The van der Waals surface area contributed by atoms with Crippen LogP contribution >= 0.6 is 0 Å². The van der Waals surface area contributed by atoms with Crippen molar-refractivity contribution in [3.63, 3.8) is 0 Å². The van der Waals surface area contributed by atoms with Crippen LogP contribution in [0.1, 0.15) is 51.9 Å². The second-order valence-corrected chi connectivity index (χ2v) is 7.50. The molecular formula is C17H30N2O. The molecule has 3 fully saturated rings. The van der Waals surface area contributed by atoms with E-state index in [1.807, 2.05) is 7.05 Å². The summed E-state index contributed by atoms with van der Waals surface area (Å²) >= 11 is 0.